The number of ether oxygens (including phenoxy) is 1. The highest BCUT2D eigenvalue weighted by atomic mass is 16.5. The second kappa shape index (κ2) is 7.39. The fourth-order valence-corrected chi connectivity index (χ4v) is 2.89. The van der Waals surface area contributed by atoms with Crippen molar-refractivity contribution in [3.63, 3.8) is 0 Å². The number of H-pyrrole nitrogens is 1. The van der Waals surface area contributed by atoms with Gasteiger partial charge in [-0.2, -0.15) is 0 Å². The van der Waals surface area contributed by atoms with Crippen molar-refractivity contribution in [1.29, 1.82) is 0 Å². The minimum atomic E-state index is 0.0441. The van der Waals surface area contributed by atoms with E-state index in [2.05, 4.69) is 20.2 Å². The van der Waals surface area contributed by atoms with Crippen LogP contribution < -0.4 is 5.32 Å². The summed E-state index contributed by atoms with van der Waals surface area (Å²) in [6.07, 6.45) is 4.31. The maximum Gasteiger partial charge on any atom is 0.228 e. The first kappa shape index (κ1) is 15.7. The maximum atomic E-state index is 12.4. The van der Waals surface area contributed by atoms with Gasteiger partial charge in [-0.15, -0.1) is 0 Å². The highest BCUT2D eigenvalue weighted by Gasteiger charge is 2.27. The molecule has 1 saturated heterocycles. The number of nitrogens with zero attached hydrogens (tertiary/aromatic N) is 2. The van der Waals surface area contributed by atoms with E-state index < -0.39 is 0 Å². The summed E-state index contributed by atoms with van der Waals surface area (Å²) in [5.41, 5.74) is 2.76. The third-order valence-corrected chi connectivity index (χ3v) is 4.19. The van der Waals surface area contributed by atoms with E-state index in [1.54, 1.807) is 19.6 Å². The molecule has 0 aliphatic carbocycles. The maximum absolute atomic E-state index is 12.4. The molecular weight excluding hydrogens is 292 g/mol. The monoisotopic (exact) mass is 314 g/mol. The van der Waals surface area contributed by atoms with E-state index in [1.807, 2.05) is 24.3 Å². The Balaban J connectivity index is 1.59. The number of carbonyl (C=O) groups excluding carboxylic acids is 1. The van der Waals surface area contributed by atoms with E-state index in [4.69, 9.17) is 4.74 Å². The lowest BCUT2D eigenvalue weighted by molar-refractivity contribution is -0.119. The normalized spacial score (nSPS) is 18.2. The molecule has 6 nitrogen and oxygen atoms in total. The molecule has 1 aliphatic heterocycles. The summed E-state index contributed by atoms with van der Waals surface area (Å²) < 4.78 is 5.09. The van der Waals surface area contributed by atoms with Crippen LogP contribution in [0.25, 0.3) is 11.3 Å². The Morgan fingerprint density at radius 1 is 1.52 bits per heavy atom. The number of carbonyl (C=O) groups is 1. The molecule has 2 heterocycles. The number of anilines is 1. The van der Waals surface area contributed by atoms with E-state index in [0.717, 1.165) is 43.0 Å². The highest BCUT2D eigenvalue weighted by molar-refractivity contribution is 5.93. The third kappa shape index (κ3) is 3.97. The lowest BCUT2D eigenvalue weighted by Crippen LogP contribution is -2.29. The number of amides is 1. The van der Waals surface area contributed by atoms with Crippen molar-refractivity contribution < 1.29 is 9.53 Å². The van der Waals surface area contributed by atoms with Crippen LogP contribution >= 0.6 is 0 Å². The predicted octanol–water partition coefficient (Wildman–Crippen LogP) is 1.98. The van der Waals surface area contributed by atoms with Crippen LogP contribution in [0.2, 0.25) is 0 Å². The van der Waals surface area contributed by atoms with Gasteiger partial charge < -0.3 is 19.9 Å². The molecule has 1 unspecified atom stereocenters. The molecule has 1 amide bonds. The summed E-state index contributed by atoms with van der Waals surface area (Å²) >= 11 is 0. The third-order valence-electron chi connectivity index (χ3n) is 4.19. The molecule has 122 valence electrons. The van der Waals surface area contributed by atoms with Crippen LogP contribution in [0.3, 0.4) is 0 Å². The summed E-state index contributed by atoms with van der Waals surface area (Å²) in [6, 6.07) is 7.80. The summed E-state index contributed by atoms with van der Waals surface area (Å²) in [7, 11) is 1.70. The van der Waals surface area contributed by atoms with Crippen molar-refractivity contribution in [2.24, 2.45) is 5.92 Å². The SMILES string of the molecule is COCCN1CCC(C(=O)Nc2cccc(-c3cnc[nH]3)c2)C1. The summed E-state index contributed by atoms with van der Waals surface area (Å²) in [6.45, 7) is 3.35. The zero-order chi connectivity index (χ0) is 16.1. The van der Waals surface area contributed by atoms with Gasteiger partial charge in [-0.3, -0.25) is 4.79 Å². The van der Waals surface area contributed by atoms with Gasteiger partial charge in [0.2, 0.25) is 5.91 Å². The second-order valence-corrected chi connectivity index (χ2v) is 5.81. The molecule has 2 N–H and O–H groups in total. The summed E-state index contributed by atoms with van der Waals surface area (Å²) in [4.78, 5) is 21.8. The number of benzene rings is 1. The van der Waals surface area contributed by atoms with Crippen molar-refractivity contribution in [1.82, 2.24) is 14.9 Å². The number of likely N-dealkylation sites (tertiary alicyclic amines) is 1. The molecule has 0 spiro atoms. The largest absolute Gasteiger partial charge is 0.383 e. The minimum Gasteiger partial charge on any atom is -0.383 e. The van der Waals surface area contributed by atoms with Gasteiger partial charge in [0.1, 0.15) is 0 Å². The van der Waals surface area contributed by atoms with Gasteiger partial charge >= 0.3 is 0 Å². The molecule has 0 radical (unpaired) electrons. The zero-order valence-corrected chi connectivity index (χ0v) is 13.3. The number of hydrogen-bond donors (Lipinski definition) is 2. The molecular formula is C17H22N4O2. The molecule has 6 heteroatoms. The first-order chi connectivity index (χ1) is 11.3. The number of rotatable bonds is 6. The Labute approximate surface area is 135 Å². The Hall–Kier alpha value is -2.18. The van der Waals surface area contributed by atoms with Crippen LogP contribution in [0, 0.1) is 5.92 Å². The van der Waals surface area contributed by atoms with E-state index in [9.17, 15) is 4.79 Å². The summed E-state index contributed by atoms with van der Waals surface area (Å²) in [5.74, 6) is 0.134. The van der Waals surface area contributed by atoms with Crippen molar-refractivity contribution in [2.75, 3.05) is 38.7 Å². The topological polar surface area (TPSA) is 70.2 Å². The minimum absolute atomic E-state index is 0.0441. The van der Waals surface area contributed by atoms with Gasteiger partial charge in [-0.1, -0.05) is 12.1 Å². The quantitative estimate of drug-likeness (QED) is 0.855. The van der Waals surface area contributed by atoms with E-state index >= 15 is 0 Å². The standard InChI is InChI=1S/C17H22N4O2/c1-23-8-7-21-6-5-14(11-21)17(22)20-15-4-2-3-13(9-15)16-10-18-12-19-16/h2-4,9-10,12,14H,5-8,11H2,1H3,(H,18,19)(H,20,22). The molecule has 23 heavy (non-hydrogen) atoms. The van der Waals surface area contributed by atoms with Crippen molar-refractivity contribution in [2.45, 2.75) is 6.42 Å². The van der Waals surface area contributed by atoms with E-state index in [0.29, 0.717) is 6.61 Å². The lowest BCUT2D eigenvalue weighted by atomic mass is 10.1. The van der Waals surface area contributed by atoms with Gasteiger partial charge in [-0.25, -0.2) is 4.98 Å². The van der Waals surface area contributed by atoms with Gasteiger partial charge in [0.15, 0.2) is 0 Å². The Kier molecular flexibility index (Phi) is 5.05. The molecule has 0 saturated carbocycles. The first-order valence-corrected chi connectivity index (χ1v) is 7.87. The fraction of sp³-hybridized carbons (Fsp3) is 0.412. The molecule has 1 aromatic heterocycles. The fourth-order valence-electron chi connectivity index (χ4n) is 2.89. The smallest absolute Gasteiger partial charge is 0.228 e. The second-order valence-electron chi connectivity index (χ2n) is 5.81. The van der Waals surface area contributed by atoms with Gasteiger partial charge in [-0.05, 0) is 25.1 Å². The number of hydrogen-bond acceptors (Lipinski definition) is 4. The van der Waals surface area contributed by atoms with Crippen molar-refractivity contribution in [3.05, 3.63) is 36.8 Å². The predicted molar refractivity (Wildman–Crippen MR) is 89.1 cm³/mol. The molecule has 3 rings (SSSR count). The average Bonchev–Trinajstić information content (AvgIpc) is 3.25. The number of nitrogens with one attached hydrogen (secondary N) is 2. The van der Waals surface area contributed by atoms with Crippen LogP contribution in [0.5, 0.6) is 0 Å². The molecule has 0 bridgehead atoms. The summed E-state index contributed by atoms with van der Waals surface area (Å²) in [5, 5.41) is 3.03. The molecule has 2 aromatic rings. The Bertz CT molecular complexity index is 642. The van der Waals surface area contributed by atoms with Crippen LogP contribution in [-0.4, -0.2) is 54.1 Å². The van der Waals surface area contributed by atoms with Crippen molar-refractivity contribution in [3.8, 4) is 11.3 Å². The Morgan fingerprint density at radius 2 is 2.43 bits per heavy atom. The van der Waals surface area contributed by atoms with Crippen molar-refractivity contribution >= 4 is 11.6 Å². The molecule has 1 atom stereocenters. The lowest BCUT2D eigenvalue weighted by Gasteiger charge is -2.15. The number of aromatic amines is 1. The van der Waals surface area contributed by atoms with Crippen LogP contribution in [0.15, 0.2) is 36.8 Å². The molecule has 1 aromatic carbocycles. The van der Waals surface area contributed by atoms with Crippen LogP contribution in [0.1, 0.15) is 6.42 Å². The number of aromatic nitrogens is 2. The van der Waals surface area contributed by atoms with Gasteiger partial charge in [0, 0.05) is 31.5 Å². The number of methoxy groups -OCH3 is 1. The van der Waals surface area contributed by atoms with E-state index in [1.165, 1.54) is 0 Å². The van der Waals surface area contributed by atoms with Crippen LogP contribution in [-0.2, 0) is 9.53 Å². The average molecular weight is 314 g/mol. The number of imidazole rings is 1. The van der Waals surface area contributed by atoms with E-state index in [-0.39, 0.29) is 11.8 Å². The Morgan fingerprint density at radius 3 is 3.22 bits per heavy atom. The van der Waals surface area contributed by atoms with Gasteiger partial charge in [0.05, 0.1) is 30.7 Å². The van der Waals surface area contributed by atoms with Crippen LogP contribution in [0.4, 0.5) is 5.69 Å². The highest BCUT2D eigenvalue weighted by Crippen LogP contribution is 2.22. The molecule has 1 fully saturated rings. The zero-order valence-electron chi connectivity index (χ0n) is 13.3. The van der Waals surface area contributed by atoms with Gasteiger partial charge in [0.25, 0.3) is 0 Å². The first-order valence-electron chi connectivity index (χ1n) is 7.87. The molecule has 1 aliphatic rings.